The van der Waals surface area contributed by atoms with Crippen LogP contribution in [0.15, 0.2) is 88.1 Å². The zero-order chi connectivity index (χ0) is 22.7. The molecule has 5 aromatic rings. The number of fused-ring (bicyclic) bond motifs is 3. The highest BCUT2D eigenvalue weighted by Crippen LogP contribution is 2.44. The average Bonchev–Trinajstić information content (AvgIpc) is 3.24. The topological polar surface area (TPSA) is 100 Å². The van der Waals surface area contributed by atoms with Gasteiger partial charge in [-0.15, -0.1) is 0 Å². The van der Waals surface area contributed by atoms with Crippen LogP contribution in [0.2, 0.25) is 0 Å². The lowest BCUT2D eigenvalue weighted by molar-refractivity contribution is 0.0977. The number of nitrogens with one attached hydrogen (secondary N) is 1. The molecule has 0 spiro atoms. The molecule has 2 N–H and O–H groups in total. The van der Waals surface area contributed by atoms with E-state index in [1.165, 1.54) is 0 Å². The molecule has 2 aromatic heterocycles. The van der Waals surface area contributed by atoms with E-state index in [4.69, 9.17) is 4.42 Å². The molecule has 2 heterocycles. The number of hydrogen-bond acceptors (Lipinski definition) is 5. The van der Waals surface area contributed by atoms with E-state index in [2.05, 4.69) is 4.98 Å². The minimum absolute atomic E-state index is 0.0513. The summed E-state index contributed by atoms with van der Waals surface area (Å²) in [7, 11) is 0. The van der Waals surface area contributed by atoms with Gasteiger partial charge in [0.1, 0.15) is 16.9 Å². The Balaban J connectivity index is 1.76. The average molecular weight is 433 g/mol. The highest BCUT2D eigenvalue weighted by Gasteiger charge is 2.37. The first-order valence-corrected chi connectivity index (χ1v) is 10.3. The fourth-order valence-corrected chi connectivity index (χ4v) is 4.47. The number of rotatable bonds is 2. The van der Waals surface area contributed by atoms with Crippen molar-refractivity contribution < 1.29 is 19.1 Å². The van der Waals surface area contributed by atoms with Crippen molar-refractivity contribution in [1.29, 1.82) is 0 Å². The third kappa shape index (κ3) is 2.64. The van der Waals surface area contributed by atoms with Crippen molar-refractivity contribution in [2.45, 2.75) is 0 Å². The Bertz CT molecular complexity index is 1670. The molecule has 0 radical (unpaired) electrons. The Morgan fingerprint density at radius 1 is 0.636 bits per heavy atom. The first-order chi connectivity index (χ1) is 16.1. The second kappa shape index (κ2) is 6.90. The smallest absolute Gasteiger partial charge is 0.348 e. The first-order valence-electron chi connectivity index (χ1n) is 10.3. The summed E-state index contributed by atoms with van der Waals surface area (Å²) in [6.07, 6.45) is 0. The van der Waals surface area contributed by atoms with Gasteiger partial charge in [0.05, 0.1) is 22.3 Å². The summed E-state index contributed by atoms with van der Waals surface area (Å²) in [5.41, 5.74) is 1.12. The van der Waals surface area contributed by atoms with Crippen molar-refractivity contribution in [1.82, 2.24) is 4.98 Å². The zero-order valence-corrected chi connectivity index (χ0v) is 17.1. The van der Waals surface area contributed by atoms with E-state index in [1.807, 2.05) is 6.07 Å². The van der Waals surface area contributed by atoms with E-state index < -0.39 is 11.4 Å². The standard InChI is InChI=1S/C27H15NO5/c29-24-15-10-4-5-11-16(15)26(31)23-20(24)19(22(28-23)14-8-2-1-3-9-14)21-25(30)17-12-6-7-13-18(17)33-27(21)32/h1-13,28,30H. The summed E-state index contributed by atoms with van der Waals surface area (Å²) in [6, 6.07) is 22.2. The van der Waals surface area contributed by atoms with Gasteiger partial charge in [0.2, 0.25) is 5.78 Å². The van der Waals surface area contributed by atoms with Gasteiger partial charge in [-0.25, -0.2) is 4.79 Å². The van der Waals surface area contributed by atoms with Gasteiger partial charge in [0.25, 0.3) is 0 Å². The van der Waals surface area contributed by atoms with Crippen molar-refractivity contribution >= 4 is 22.5 Å². The van der Waals surface area contributed by atoms with E-state index in [1.54, 1.807) is 72.8 Å². The van der Waals surface area contributed by atoms with Crippen molar-refractivity contribution in [3.8, 4) is 28.1 Å². The molecule has 0 fully saturated rings. The molecule has 0 amide bonds. The number of carbonyl (C=O) groups excluding carboxylic acids is 2. The van der Waals surface area contributed by atoms with E-state index in [0.717, 1.165) is 0 Å². The molecule has 0 saturated carbocycles. The lowest BCUT2D eigenvalue weighted by Gasteiger charge is -2.15. The second-order valence-electron chi connectivity index (χ2n) is 7.80. The van der Waals surface area contributed by atoms with Gasteiger partial charge >= 0.3 is 5.63 Å². The third-order valence-electron chi connectivity index (χ3n) is 5.97. The van der Waals surface area contributed by atoms with Crippen LogP contribution >= 0.6 is 0 Å². The Hall–Kier alpha value is -4.71. The number of ketones is 2. The quantitative estimate of drug-likeness (QED) is 0.377. The van der Waals surface area contributed by atoms with Crippen LogP contribution in [0.3, 0.4) is 0 Å². The van der Waals surface area contributed by atoms with Crippen molar-refractivity contribution in [2.24, 2.45) is 0 Å². The summed E-state index contributed by atoms with van der Waals surface area (Å²) < 4.78 is 5.49. The second-order valence-corrected chi connectivity index (χ2v) is 7.80. The molecular formula is C27H15NO5. The van der Waals surface area contributed by atoms with Gasteiger partial charge in [-0.1, -0.05) is 66.7 Å². The summed E-state index contributed by atoms with van der Waals surface area (Å²) in [4.78, 5) is 43.1. The Labute approximate surface area is 186 Å². The molecule has 6 rings (SSSR count). The van der Waals surface area contributed by atoms with E-state index in [-0.39, 0.29) is 50.6 Å². The number of carbonyl (C=O) groups is 2. The van der Waals surface area contributed by atoms with E-state index in [0.29, 0.717) is 16.6 Å². The highest BCUT2D eigenvalue weighted by molar-refractivity contribution is 6.31. The fourth-order valence-electron chi connectivity index (χ4n) is 4.47. The molecule has 1 aliphatic carbocycles. The number of aromatic amines is 1. The molecule has 0 saturated heterocycles. The van der Waals surface area contributed by atoms with Crippen LogP contribution in [-0.4, -0.2) is 21.7 Å². The maximum atomic E-state index is 13.6. The molecule has 33 heavy (non-hydrogen) atoms. The zero-order valence-electron chi connectivity index (χ0n) is 17.1. The van der Waals surface area contributed by atoms with Crippen LogP contribution in [0.5, 0.6) is 5.75 Å². The molecule has 6 heteroatoms. The van der Waals surface area contributed by atoms with Crippen LogP contribution in [0.1, 0.15) is 32.0 Å². The van der Waals surface area contributed by atoms with Gasteiger partial charge in [0.15, 0.2) is 5.78 Å². The van der Waals surface area contributed by atoms with Crippen molar-refractivity contribution in [2.75, 3.05) is 0 Å². The highest BCUT2D eigenvalue weighted by atomic mass is 16.4. The van der Waals surface area contributed by atoms with Gasteiger partial charge in [-0.2, -0.15) is 0 Å². The Morgan fingerprint density at radius 2 is 1.27 bits per heavy atom. The predicted molar refractivity (Wildman–Crippen MR) is 123 cm³/mol. The van der Waals surface area contributed by atoms with Crippen LogP contribution in [-0.2, 0) is 0 Å². The molecule has 0 atom stereocenters. The minimum atomic E-state index is -0.802. The fraction of sp³-hybridized carbons (Fsp3) is 0. The number of benzene rings is 3. The largest absolute Gasteiger partial charge is 0.506 e. The van der Waals surface area contributed by atoms with Gasteiger partial charge in [-0.3, -0.25) is 9.59 Å². The molecular weight excluding hydrogens is 418 g/mol. The van der Waals surface area contributed by atoms with E-state index >= 15 is 0 Å². The summed E-state index contributed by atoms with van der Waals surface area (Å²) in [5, 5.41) is 11.5. The normalized spacial score (nSPS) is 12.6. The summed E-state index contributed by atoms with van der Waals surface area (Å²) >= 11 is 0. The van der Waals surface area contributed by atoms with Gasteiger partial charge in [-0.05, 0) is 17.7 Å². The first kappa shape index (κ1) is 19.0. The molecule has 3 aromatic carbocycles. The lowest BCUT2D eigenvalue weighted by Crippen LogP contribution is -2.21. The van der Waals surface area contributed by atoms with Crippen LogP contribution < -0.4 is 5.63 Å². The Morgan fingerprint density at radius 3 is 2.03 bits per heavy atom. The molecule has 1 aliphatic rings. The van der Waals surface area contributed by atoms with Crippen LogP contribution in [0.4, 0.5) is 0 Å². The van der Waals surface area contributed by atoms with Crippen molar-refractivity contribution in [3.63, 3.8) is 0 Å². The number of hydrogen-bond donors (Lipinski definition) is 2. The van der Waals surface area contributed by atoms with Crippen LogP contribution in [0, 0.1) is 0 Å². The minimum Gasteiger partial charge on any atom is -0.506 e. The summed E-state index contributed by atoms with van der Waals surface area (Å²) in [5.74, 6) is -1.06. The van der Waals surface area contributed by atoms with Crippen LogP contribution in [0.25, 0.3) is 33.4 Å². The molecule has 6 nitrogen and oxygen atoms in total. The lowest BCUT2D eigenvalue weighted by atomic mass is 9.84. The maximum absolute atomic E-state index is 13.6. The SMILES string of the molecule is O=C1c2ccccc2C(=O)c2c1[nH]c(-c1ccccc1)c2-c1c(O)c2ccccc2oc1=O. The number of aromatic hydroxyl groups is 1. The predicted octanol–water partition coefficient (Wildman–Crippen LogP) is 4.94. The molecule has 0 bridgehead atoms. The third-order valence-corrected chi connectivity index (χ3v) is 5.97. The van der Waals surface area contributed by atoms with Gasteiger partial charge < -0.3 is 14.5 Å². The number of aromatic nitrogens is 1. The molecule has 158 valence electrons. The van der Waals surface area contributed by atoms with Gasteiger partial charge in [0, 0.05) is 16.7 Å². The van der Waals surface area contributed by atoms with E-state index in [9.17, 15) is 19.5 Å². The monoisotopic (exact) mass is 433 g/mol. The maximum Gasteiger partial charge on any atom is 0.348 e. The number of H-pyrrole nitrogens is 1. The van der Waals surface area contributed by atoms with Crippen molar-refractivity contribution in [3.05, 3.63) is 112 Å². The number of para-hydroxylation sites is 1. The summed E-state index contributed by atoms with van der Waals surface area (Å²) in [6.45, 7) is 0. The molecule has 0 unspecified atom stereocenters. The molecule has 0 aliphatic heterocycles. The Kier molecular flexibility index (Phi) is 3.97.